The highest BCUT2D eigenvalue weighted by molar-refractivity contribution is 5.96. The Morgan fingerprint density at radius 3 is 2.48 bits per heavy atom. The van der Waals surface area contributed by atoms with Crippen LogP contribution >= 0.6 is 0 Å². The third-order valence-corrected chi connectivity index (χ3v) is 3.65. The second-order valence-corrected chi connectivity index (χ2v) is 6.84. The molecule has 0 aliphatic heterocycles. The summed E-state index contributed by atoms with van der Waals surface area (Å²) in [7, 11) is 0. The molecule has 128 valence electrons. The topological polar surface area (TPSA) is 62.4 Å². The summed E-state index contributed by atoms with van der Waals surface area (Å²) in [6.07, 6.45) is 2.79. The number of aromatic nitrogens is 1. The maximum atomic E-state index is 11.8. The molecule has 0 aliphatic rings. The molecule has 0 radical (unpaired) electrons. The molecule has 0 unspecified atom stereocenters. The summed E-state index contributed by atoms with van der Waals surface area (Å²) in [5.41, 5.74) is 2.22. The van der Waals surface area contributed by atoms with Gasteiger partial charge in [-0.2, -0.15) is 0 Å². The van der Waals surface area contributed by atoms with Crippen LogP contribution in [0.2, 0.25) is 0 Å². The fourth-order valence-electron chi connectivity index (χ4n) is 2.62. The smallest absolute Gasteiger partial charge is 0.412 e. The van der Waals surface area contributed by atoms with Crippen molar-refractivity contribution in [3.63, 3.8) is 0 Å². The van der Waals surface area contributed by atoms with Crippen LogP contribution in [0.4, 0.5) is 10.5 Å². The highest BCUT2D eigenvalue weighted by atomic mass is 16.6. The van der Waals surface area contributed by atoms with Crippen LogP contribution in [-0.2, 0) is 4.74 Å². The molecule has 3 aromatic rings. The zero-order valence-corrected chi connectivity index (χ0v) is 14.5. The third-order valence-electron chi connectivity index (χ3n) is 3.65. The summed E-state index contributed by atoms with van der Waals surface area (Å²) in [5.74, 6) is 0. The number of hydrogen-bond donors (Lipinski definition) is 2. The minimum absolute atomic E-state index is 0.474. The normalized spacial score (nSPS) is 11.3. The first kappa shape index (κ1) is 16.8. The van der Waals surface area contributed by atoms with Gasteiger partial charge >= 0.3 is 6.09 Å². The molecule has 0 aliphatic carbocycles. The Morgan fingerprint density at radius 1 is 1.08 bits per heavy atom. The number of benzene rings is 2. The van der Waals surface area contributed by atoms with E-state index >= 15 is 0 Å². The first-order chi connectivity index (χ1) is 11.8. The molecule has 0 atom stereocenters. The van der Waals surface area contributed by atoms with E-state index in [2.05, 4.69) is 5.32 Å². The summed E-state index contributed by atoms with van der Waals surface area (Å²) in [5, 5.41) is 14.3. The van der Waals surface area contributed by atoms with E-state index in [1.54, 1.807) is 12.4 Å². The van der Waals surface area contributed by atoms with E-state index in [0.717, 1.165) is 26.6 Å². The summed E-state index contributed by atoms with van der Waals surface area (Å²) in [6.45, 7) is 5.48. The minimum Gasteiger partial charge on any atom is -0.444 e. The average molecular weight is 337 g/mol. The average Bonchev–Trinajstić information content (AvgIpc) is 2.53. The number of nitrogens with zero attached hydrogens (tertiary/aromatic N) is 1. The van der Waals surface area contributed by atoms with Gasteiger partial charge in [-0.1, -0.05) is 24.3 Å². The number of carbonyl (C=O) groups excluding carboxylic acids is 1. The number of rotatable bonds is 2. The number of amides is 1. The Labute approximate surface area is 146 Å². The van der Waals surface area contributed by atoms with Crippen LogP contribution in [-0.4, -0.2) is 16.9 Å². The lowest BCUT2D eigenvalue weighted by molar-refractivity contribution is -0.903. The molecule has 0 saturated heterocycles. The van der Waals surface area contributed by atoms with Crippen molar-refractivity contribution in [1.29, 1.82) is 0 Å². The van der Waals surface area contributed by atoms with Crippen molar-refractivity contribution in [2.45, 2.75) is 26.4 Å². The lowest BCUT2D eigenvalue weighted by Gasteiger charge is -2.19. The SMILES string of the molecule is CC(C)(C)OC(=O)Nc1ccc(-c2cccc3c[n+](O)ccc23)cc1. The highest BCUT2D eigenvalue weighted by Crippen LogP contribution is 2.28. The van der Waals surface area contributed by atoms with Gasteiger partial charge in [-0.3, -0.25) is 10.5 Å². The first-order valence-electron chi connectivity index (χ1n) is 8.05. The van der Waals surface area contributed by atoms with Gasteiger partial charge in [0.15, 0.2) is 0 Å². The molecular weight excluding hydrogens is 316 g/mol. The molecule has 5 heteroatoms. The lowest BCUT2D eigenvalue weighted by atomic mass is 9.99. The first-order valence-corrected chi connectivity index (χ1v) is 8.05. The highest BCUT2D eigenvalue weighted by Gasteiger charge is 2.16. The van der Waals surface area contributed by atoms with Gasteiger partial charge in [0.2, 0.25) is 12.4 Å². The fraction of sp³-hybridized carbons (Fsp3) is 0.200. The van der Waals surface area contributed by atoms with E-state index in [4.69, 9.17) is 4.74 Å². The van der Waals surface area contributed by atoms with Gasteiger partial charge in [-0.05, 0) is 50.1 Å². The van der Waals surface area contributed by atoms with Gasteiger partial charge < -0.3 is 4.74 Å². The molecule has 1 aromatic heterocycles. The number of anilines is 1. The Balaban J connectivity index is 1.85. The molecule has 0 fully saturated rings. The molecule has 1 heterocycles. The standard InChI is InChI=1S/C20H20N2O3/c1-20(2,3)25-19(23)21-16-9-7-14(8-10-16)17-6-4-5-15-13-22(24)12-11-18(15)17/h4-13H,1-3H3,(H-,21,23,24)/p+1. The summed E-state index contributed by atoms with van der Waals surface area (Å²) < 4.78 is 6.29. The molecule has 1 amide bonds. The van der Waals surface area contributed by atoms with Crippen LogP contribution in [0.15, 0.2) is 60.9 Å². The van der Waals surface area contributed by atoms with Crippen molar-refractivity contribution in [2.24, 2.45) is 0 Å². The molecule has 25 heavy (non-hydrogen) atoms. The fourth-order valence-corrected chi connectivity index (χ4v) is 2.62. The Morgan fingerprint density at radius 2 is 1.80 bits per heavy atom. The zero-order chi connectivity index (χ0) is 18.0. The van der Waals surface area contributed by atoms with Crippen molar-refractivity contribution in [2.75, 3.05) is 5.32 Å². The molecule has 3 rings (SSSR count). The maximum Gasteiger partial charge on any atom is 0.412 e. The van der Waals surface area contributed by atoms with Gasteiger partial charge in [-0.15, -0.1) is 0 Å². The van der Waals surface area contributed by atoms with E-state index < -0.39 is 11.7 Å². The largest absolute Gasteiger partial charge is 0.444 e. The number of hydrogen-bond acceptors (Lipinski definition) is 3. The van der Waals surface area contributed by atoms with E-state index in [1.807, 2.05) is 69.3 Å². The predicted octanol–water partition coefficient (Wildman–Crippen LogP) is 4.38. The van der Waals surface area contributed by atoms with Crippen molar-refractivity contribution in [3.05, 3.63) is 60.9 Å². The Bertz CT molecular complexity index is 912. The Kier molecular flexibility index (Phi) is 4.31. The molecule has 0 bridgehead atoms. The van der Waals surface area contributed by atoms with Crippen LogP contribution in [0.3, 0.4) is 0 Å². The summed E-state index contributed by atoms with van der Waals surface area (Å²) >= 11 is 0. The number of ether oxygens (including phenoxy) is 1. The van der Waals surface area contributed by atoms with Gasteiger partial charge in [0, 0.05) is 21.9 Å². The second-order valence-electron chi connectivity index (χ2n) is 6.84. The minimum atomic E-state index is -0.531. The number of pyridine rings is 1. The summed E-state index contributed by atoms with van der Waals surface area (Å²) in [4.78, 5) is 11.8. The van der Waals surface area contributed by atoms with Crippen molar-refractivity contribution in [1.82, 2.24) is 0 Å². The van der Waals surface area contributed by atoms with Crippen LogP contribution in [0.25, 0.3) is 21.9 Å². The summed E-state index contributed by atoms with van der Waals surface area (Å²) in [6, 6.07) is 15.4. The predicted molar refractivity (Wildman–Crippen MR) is 96.6 cm³/mol. The zero-order valence-electron chi connectivity index (χ0n) is 14.5. The second kappa shape index (κ2) is 6.43. The van der Waals surface area contributed by atoms with Gasteiger partial charge in [0.25, 0.3) is 0 Å². The molecule has 5 nitrogen and oxygen atoms in total. The molecule has 0 spiro atoms. The van der Waals surface area contributed by atoms with Crippen molar-refractivity contribution < 1.29 is 19.5 Å². The van der Waals surface area contributed by atoms with Crippen LogP contribution in [0.1, 0.15) is 20.8 Å². The van der Waals surface area contributed by atoms with Gasteiger partial charge in [-0.25, -0.2) is 4.79 Å². The van der Waals surface area contributed by atoms with E-state index in [-0.39, 0.29) is 0 Å². The quantitative estimate of drug-likeness (QED) is 0.539. The van der Waals surface area contributed by atoms with E-state index in [1.165, 1.54) is 0 Å². The van der Waals surface area contributed by atoms with Gasteiger partial charge in [0.1, 0.15) is 5.60 Å². The number of fused-ring (bicyclic) bond motifs is 1. The monoisotopic (exact) mass is 337 g/mol. The van der Waals surface area contributed by atoms with Crippen molar-refractivity contribution >= 4 is 22.6 Å². The maximum absolute atomic E-state index is 11.8. The third kappa shape index (κ3) is 4.07. The van der Waals surface area contributed by atoms with Crippen LogP contribution in [0, 0.1) is 0 Å². The molecule has 2 N–H and O–H groups in total. The van der Waals surface area contributed by atoms with Crippen LogP contribution in [0.5, 0.6) is 0 Å². The number of carbonyl (C=O) groups is 1. The van der Waals surface area contributed by atoms with Crippen molar-refractivity contribution in [3.8, 4) is 11.1 Å². The molecule has 2 aromatic carbocycles. The van der Waals surface area contributed by atoms with Crippen LogP contribution < -0.4 is 10.0 Å². The van der Waals surface area contributed by atoms with E-state index in [0.29, 0.717) is 5.69 Å². The van der Waals surface area contributed by atoms with Gasteiger partial charge in [0.05, 0.1) is 5.39 Å². The molecular formula is C20H21N2O3+. The lowest BCUT2D eigenvalue weighted by Crippen LogP contribution is -2.27. The van der Waals surface area contributed by atoms with E-state index in [9.17, 15) is 10.0 Å². The molecule has 0 saturated carbocycles. The Hall–Kier alpha value is -3.08. The number of nitrogens with one attached hydrogen (secondary N) is 1.